The number of carbonyl (C=O) groups excluding carboxylic acids is 1. The van der Waals surface area contributed by atoms with Crippen LogP contribution in [0.3, 0.4) is 0 Å². The van der Waals surface area contributed by atoms with Crippen molar-refractivity contribution in [2.24, 2.45) is 11.3 Å². The lowest BCUT2D eigenvalue weighted by molar-refractivity contribution is -0.385. The third-order valence-electron chi connectivity index (χ3n) is 5.22. The van der Waals surface area contributed by atoms with Crippen LogP contribution >= 0.6 is 0 Å². The molecule has 1 N–H and O–H groups in total. The Morgan fingerprint density at radius 1 is 1.48 bits per heavy atom. The molecule has 0 spiro atoms. The average molecular weight is 320 g/mol. The highest BCUT2D eigenvalue weighted by Crippen LogP contribution is 2.54. The quantitative estimate of drug-likeness (QED) is 0.680. The SMILES string of the molecule is CN(C(=O)c1cccc([N+](=O)[O-])c1O)[C@@H]1[C@@H]2CCO[C@H]2C1(C)C. The highest BCUT2D eigenvalue weighted by molar-refractivity contribution is 5.98. The molecule has 1 aliphatic heterocycles. The number of hydrogen-bond donors (Lipinski definition) is 1. The number of phenolic OH excluding ortho intramolecular Hbond substituents is 1. The van der Waals surface area contributed by atoms with Crippen molar-refractivity contribution in [3.8, 4) is 5.75 Å². The minimum absolute atomic E-state index is 0.0128. The number of aromatic hydroxyl groups is 1. The van der Waals surface area contributed by atoms with Crippen LogP contribution in [0.15, 0.2) is 18.2 Å². The van der Waals surface area contributed by atoms with E-state index in [1.165, 1.54) is 18.2 Å². The molecular weight excluding hydrogens is 300 g/mol. The van der Waals surface area contributed by atoms with Crippen molar-refractivity contribution in [3.63, 3.8) is 0 Å². The Bertz CT molecular complexity index is 672. The first-order valence-corrected chi connectivity index (χ1v) is 7.62. The second-order valence-electron chi connectivity index (χ2n) is 6.86. The standard InChI is InChI=1S/C16H20N2O5/c1-16(2)13(10-7-8-23-14(10)16)17(3)15(20)9-5-4-6-11(12(9)19)18(21)22/h4-6,10,13-14,19H,7-8H2,1-3H3/t10-,13+,14+/m0/s1. The number of nitro benzene ring substituents is 1. The second-order valence-corrected chi connectivity index (χ2v) is 6.86. The molecule has 0 radical (unpaired) electrons. The number of nitrogens with zero attached hydrogens (tertiary/aromatic N) is 2. The Hall–Kier alpha value is -2.15. The van der Waals surface area contributed by atoms with Crippen molar-refractivity contribution in [2.75, 3.05) is 13.7 Å². The highest BCUT2D eigenvalue weighted by Gasteiger charge is 2.61. The van der Waals surface area contributed by atoms with E-state index in [-0.39, 0.29) is 29.0 Å². The first kappa shape index (κ1) is 15.7. The maximum absolute atomic E-state index is 12.8. The summed E-state index contributed by atoms with van der Waals surface area (Å²) in [6.45, 7) is 4.81. The van der Waals surface area contributed by atoms with Crippen LogP contribution in [-0.4, -0.2) is 46.6 Å². The van der Waals surface area contributed by atoms with Gasteiger partial charge in [-0.1, -0.05) is 19.9 Å². The zero-order valence-electron chi connectivity index (χ0n) is 13.4. The number of para-hydroxylation sites is 1. The van der Waals surface area contributed by atoms with E-state index in [1.54, 1.807) is 11.9 Å². The molecule has 0 aromatic heterocycles. The van der Waals surface area contributed by atoms with E-state index in [1.807, 2.05) is 0 Å². The van der Waals surface area contributed by atoms with Crippen molar-refractivity contribution in [1.82, 2.24) is 4.90 Å². The Morgan fingerprint density at radius 2 is 2.17 bits per heavy atom. The highest BCUT2D eigenvalue weighted by atomic mass is 16.6. The molecule has 2 fully saturated rings. The third-order valence-corrected chi connectivity index (χ3v) is 5.22. The van der Waals surface area contributed by atoms with Crippen LogP contribution in [-0.2, 0) is 4.74 Å². The van der Waals surface area contributed by atoms with Crippen LogP contribution in [0.5, 0.6) is 5.75 Å². The van der Waals surface area contributed by atoms with Gasteiger partial charge in [-0.15, -0.1) is 0 Å². The molecule has 124 valence electrons. The fourth-order valence-corrected chi connectivity index (χ4v) is 4.25. The van der Waals surface area contributed by atoms with Gasteiger partial charge in [0.05, 0.1) is 16.6 Å². The first-order chi connectivity index (χ1) is 10.8. The number of rotatable bonds is 3. The van der Waals surface area contributed by atoms with Gasteiger partial charge in [0.1, 0.15) is 0 Å². The number of nitro groups is 1. The average Bonchev–Trinajstić information content (AvgIpc) is 2.92. The van der Waals surface area contributed by atoms with Crippen molar-refractivity contribution in [2.45, 2.75) is 32.4 Å². The number of hydrogen-bond acceptors (Lipinski definition) is 5. The summed E-state index contributed by atoms with van der Waals surface area (Å²) in [4.78, 5) is 24.6. The number of phenols is 1. The molecule has 0 unspecified atom stereocenters. The van der Waals surface area contributed by atoms with Gasteiger partial charge in [0.25, 0.3) is 5.91 Å². The van der Waals surface area contributed by atoms with E-state index in [2.05, 4.69) is 13.8 Å². The largest absolute Gasteiger partial charge is 0.502 e. The molecule has 3 rings (SSSR count). The Balaban J connectivity index is 1.89. The van der Waals surface area contributed by atoms with Crippen molar-refractivity contribution >= 4 is 11.6 Å². The minimum atomic E-state index is -0.694. The van der Waals surface area contributed by atoms with Crippen LogP contribution in [0.1, 0.15) is 30.6 Å². The summed E-state index contributed by atoms with van der Waals surface area (Å²) in [5, 5.41) is 21.0. The maximum Gasteiger partial charge on any atom is 0.311 e. The summed E-state index contributed by atoms with van der Waals surface area (Å²) in [5.41, 5.74) is -0.680. The summed E-state index contributed by atoms with van der Waals surface area (Å²) in [7, 11) is 1.68. The van der Waals surface area contributed by atoms with Crippen molar-refractivity contribution in [3.05, 3.63) is 33.9 Å². The third kappa shape index (κ3) is 2.18. The molecule has 1 aromatic carbocycles. The number of ether oxygens (including phenoxy) is 1. The Kier molecular flexibility index (Phi) is 3.55. The van der Waals surface area contributed by atoms with E-state index in [0.717, 1.165) is 6.42 Å². The predicted octanol–water partition coefficient (Wildman–Crippen LogP) is 2.19. The molecule has 1 saturated carbocycles. The number of benzene rings is 1. The zero-order chi connectivity index (χ0) is 16.9. The molecule has 2 aliphatic rings. The fourth-order valence-electron chi connectivity index (χ4n) is 4.25. The molecule has 3 atom stereocenters. The topological polar surface area (TPSA) is 92.9 Å². The van der Waals surface area contributed by atoms with Crippen LogP contribution in [0.25, 0.3) is 0 Å². The van der Waals surface area contributed by atoms with Crippen LogP contribution in [0.4, 0.5) is 5.69 Å². The van der Waals surface area contributed by atoms with Gasteiger partial charge in [0.2, 0.25) is 5.75 Å². The summed E-state index contributed by atoms with van der Waals surface area (Å²) in [5.74, 6) is -0.708. The molecule has 7 heteroatoms. The number of carbonyl (C=O) groups is 1. The smallest absolute Gasteiger partial charge is 0.311 e. The normalized spacial score (nSPS) is 27.9. The molecule has 1 amide bonds. The molecule has 1 saturated heterocycles. The van der Waals surface area contributed by atoms with Crippen molar-refractivity contribution < 1.29 is 19.6 Å². The summed E-state index contributed by atoms with van der Waals surface area (Å²) in [6, 6.07) is 3.99. The molecular formula is C16H20N2O5. The Morgan fingerprint density at radius 3 is 2.83 bits per heavy atom. The van der Waals surface area contributed by atoms with Crippen molar-refractivity contribution in [1.29, 1.82) is 0 Å². The van der Waals surface area contributed by atoms with Gasteiger partial charge in [0, 0.05) is 37.1 Å². The van der Waals surface area contributed by atoms with E-state index >= 15 is 0 Å². The van der Waals surface area contributed by atoms with Crippen LogP contribution in [0, 0.1) is 21.4 Å². The van der Waals surface area contributed by atoms with Gasteiger partial charge in [-0.25, -0.2) is 0 Å². The monoisotopic (exact) mass is 320 g/mol. The lowest BCUT2D eigenvalue weighted by Gasteiger charge is -2.57. The van der Waals surface area contributed by atoms with Gasteiger partial charge < -0.3 is 14.7 Å². The van der Waals surface area contributed by atoms with E-state index < -0.39 is 22.3 Å². The summed E-state index contributed by atoms with van der Waals surface area (Å²) >= 11 is 0. The van der Waals surface area contributed by atoms with Gasteiger partial charge in [-0.05, 0) is 12.5 Å². The van der Waals surface area contributed by atoms with Gasteiger partial charge in [0.15, 0.2) is 0 Å². The molecule has 1 aliphatic carbocycles. The number of amides is 1. The second kappa shape index (κ2) is 5.19. The van der Waals surface area contributed by atoms with Crippen LogP contribution in [0.2, 0.25) is 0 Å². The van der Waals surface area contributed by atoms with Gasteiger partial charge in [-0.3, -0.25) is 14.9 Å². The van der Waals surface area contributed by atoms with Crippen LogP contribution < -0.4 is 0 Å². The predicted molar refractivity (Wildman–Crippen MR) is 82.3 cm³/mol. The lowest BCUT2D eigenvalue weighted by Crippen LogP contribution is -2.66. The van der Waals surface area contributed by atoms with E-state index in [0.29, 0.717) is 6.61 Å². The molecule has 1 aromatic rings. The molecule has 7 nitrogen and oxygen atoms in total. The van der Waals surface area contributed by atoms with Gasteiger partial charge >= 0.3 is 5.69 Å². The first-order valence-electron chi connectivity index (χ1n) is 7.62. The lowest BCUT2D eigenvalue weighted by atomic mass is 9.56. The minimum Gasteiger partial charge on any atom is -0.502 e. The van der Waals surface area contributed by atoms with E-state index in [4.69, 9.17) is 4.74 Å². The summed E-state index contributed by atoms with van der Waals surface area (Å²) < 4.78 is 5.73. The zero-order valence-corrected chi connectivity index (χ0v) is 13.4. The molecule has 0 bridgehead atoms. The maximum atomic E-state index is 12.8. The number of fused-ring (bicyclic) bond motifs is 1. The molecule has 23 heavy (non-hydrogen) atoms. The Labute approximate surface area is 134 Å². The van der Waals surface area contributed by atoms with Gasteiger partial charge in [-0.2, -0.15) is 0 Å². The van der Waals surface area contributed by atoms with E-state index in [9.17, 15) is 20.0 Å². The molecule has 1 heterocycles. The fraction of sp³-hybridized carbons (Fsp3) is 0.562. The summed E-state index contributed by atoms with van der Waals surface area (Å²) in [6.07, 6.45) is 1.04.